The lowest BCUT2D eigenvalue weighted by molar-refractivity contribution is 0.415. The number of thioether (sulfide) groups is 1. The van der Waals surface area contributed by atoms with Gasteiger partial charge in [-0.15, -0.1) is 10.2 Å². The average molecular weight is 334 g/mol. The monoisotopic (exact) mass is 333 g/mol. The number of hydrogen-bond acceptors (Lipinski definition) is 7. The molecule has 6 nitrogen and oxygen atoms in total. The largest absolute Gasteiger partial charge is 0.415 e. The lowest BCUT2D eigenvalue weighted by Crippen LogP contribution is -2.08. The van der Waals surface area contributed by atoms with Gasteiger partial charge in [0.05, 0.1) is 17.2 Å². The molecule has 0 saturated carbocycles. The zero-order valence-electron chi connectivity index (χ0n) is 10.3. The van der Waals surface area contributed by atoms with Crippen LogP contribution in [-0.2, 0) is 16.4 Å². The van der Waals surface area contributed by atoms with Crippen LogP contribution in [0.1, 0.15) is 5.89 Å². The van der Waals surface area contributed by atoms with Crippen molar-refractivity contribution >= 4 is 33.2 Å². The highest BCUT2D eigenvalue weighted by molar-refractivity contribution is 8.00. The molecule has 1 aromatic carbocycles. The Morgan fingerprint density at radius 3 is 2.55 bits per heavy atom. The van der Waals surface area contributed by atoms with Gasteiger partial charge in [-0.25, -0.2) is 8.42 Å². The summed E-state index contributed by atoms with van der Waals surface area (Å²) < 4.78 is 29.3. The Balaban J connectivity index is 1.94. The van der Waals surface area contributed by atoms with Crippen molar-refractivity contribution in [2.45, 2.75) is 16.7 Å². The number of benzene rings is 1. The first-order valence-electron chi connectivity index (χ1n) is 5.65. The maximum Gasteiger partial charge on any atom is 0.276 e. The van der Waals surface area contributed by atoms with Crippen LogP contribution in [0.25, 0.3) is 0 Å². The normalized spacial score (nSPS) is 11.7. The van der Waals surface area contributed by atoms with Gasteiger partial charge in [0.25, 0.3) is 5.22 Å². The smallest absolute Gasteiger partial charge is 0.276 e. The van der Waals surface area contributed by atoms with Crippen LogP contribution in [-0.4, -0.2) is 30.1 Å². The molecule has 0 fully saturated rings. The molecule has 0 unspecified atom stereocenters. The molecule has 0 radical (unpaired) electrons. The van der Waals surface area contributed by atoms with Crippen LogP contribution in [0.4, 0.5) is 0 Å². The zero-order valence-corrected chi connectivity index (χ0v) is 12.7. The quantitative estimate of drug-likeness (QED) is 0.804. The summed E-state index contributed by atoms with van der Waals surface area (Å²) in [7, 11) is -3.34. The van der Waals surface area contributed by atoms with Crippen LogP contribution in [0, 0.1) is 0 Å². The maximum atomic E-state index is 12.1. The van der Waals surface area contributed by atoms with Crippen LogP contribution in [0.3, 0.4) is 0 Å². The van der Waals surface area contributed by atoms with Gasteiger partial charge >= 0.3 is 0 Å². The molecule has 0 bridgehead atoms. The Bertz CT molecular complexity index is 670. The fraction of sp³-hybridized carbons (Fsp3) is 0.273. The second-order valence-electron chi connectivity index (χ2n) is 3.79. The maximum absolute atomic E-state index is 12.1. The summed E-state index contributed by atoms with van der Waals surface area (Å²) in [6.07, 6.45) is 0. The van der Waals surface area contributed by atoms with E-state index >= 15 is 0 Å². The van der Waals surface area contributed by atoms with Crippen molar-refractivity contribution in [3.63, 3.8) is 0 Å². The van der Waals surface area contributed by atoms with E-state index in [1.165, 1.54) is 23.9 Å². The van der Waals surface area contributed by atoms with Gasteiger partial charge in [0.2, 0.25) is 5.89 Å². The van der Waals surface area contributed by atoms with Gasteiger partial charge in [0.15, 0.2) is 9.84 Å². The number of sulfone groups is 1. The van der Waals surface area contributed by atoms with E-state index in [1.54, 1.807) is 12.1 Å². The molecule has 2 aromatic rings. The van der Waals surface area contributed by atoms with E-state index in [2.05, 4.69) is 10.2 Å². The van der Waals surface area contributed by atoms with Crippen LogP contribution in [0.2, 0.25) is 5.02 Å². The fourth-order valence-electron chi connectivity index (χ4n) is 1.38. The highest BCUT2D eigenvalue weighted by atomic mass is 35.5. The van der Waals surface area contributed by atoms with Crippen LogP contribution < -0.4 is 5.73 Å². The van der Waals surface area contributed by atoms with Crippen LogP contribution in [0.15, 0.2) is 38.8 Å². The number of aromatic nitrogens is 2. The van der Waals surface area contributed by atoms with Gasteiger partial charge in [-0.05, 0) is 24.3 Å². The second kappa shape index (κ2) is 6.57. The summed E-state index contributed by atoms with van der Waals surface area (Å²) in [5.74, 6) is 0.615. The predicted molar refractivity (Wildman–Crippen MR) is 76.4 cm³/mol. The molecule has 9 heteroatoms. The summed E-state index contributed by atoms with van der Waals surface area (Å²) >= 11 is 6.91. The van der Waals surface area contributed by atoms with Crippen molar-refractivity contribution in [2.75, 3.05) is 11.5 Å². The van der Waals surface area contributed by atoms with E-state index < -0.39 is 9.84 Å². The summed E-state index contributed by atoms with van der Waals surface area (Å²) in [6, 6.07) is 6.07. The van der Waals surface area contributed by atoms with Gasteiger partial charge < -0.3 is 10.2 Å². The van der Waals surface area contributed by atoms with Crippen molar-refractivity contribution < 1.29 is 12.8 Å². The molecular formula is C11H12ClN3O3S2. The molecule has 1 heterocycles. The van der Waals surface area contributed by atoms with E-state index in [9.17, 15) is 8.42 Å². The molecule has 108 valence electrons. The van der Waals surface area contributed by atoms with Gasteiger partial charge in [-0.1, -0.05) is 23.4 Å². The summed E-state index contributed by atoms with van der Waals surface area (Å²) in [4.78, 5) is 0.246. The zero-order chi connectivity index (χ0) is 14.6. The van der Waals surface area contributed by atoms with Gasteiger partial charge in [-0.3, -0.25) is 0 Å². The first-order chi connectivity index (χ1) is 9.51. The van der Waals surface area contributed by atoms with Crippen molar-refractivity contribution in [1.82, 2.24) is 10.2 Å². The van der Waals surface area contributed by atoms with Crippen molar-refractivity contribution in [1.29, 1.82) is 0 Å². The minimum atomic E-state index is -3.34. The molecular weight excluding hydrogens is 322 g/mol. The van der Waals surface area contributed by atoms with Gasteiger partial charge in [0.1, 0.15) is 0 Å². The first kappa shape index (κ1) is 15.3. The molecule has 20 heavy (non-hydrogen) atoms. The molecule has 1 aromatic heterocycles. The van der Waals surface area contributed by atoms with E-state index in [0.717, 1.165) is 0 Å². The van der Waals surface area contributed by atoms with Crippen molar-refractivity contribution in [3.05, 3.63) is 35.2 Å². The molecule has 0 atom stereocenters. The third kappa shape index (κ3) is 3.95. The van der Waals surface area contributed by atoms with Gasteiger partial charge in [-0.2, -0.15) is 0 Å². The van der Waals surface area contributed by atoms with E-state index in [0.29, 0.717) is 21.9 Å². The van der Waals surface area contributed by atoms with Gasteiger partial charge in [0, 0.05) is 10.8 Å². The molecule has 0 amide bonds. The number of halogens is 1. The number of hydrogen-bond donors (Lipinski definition) is 1. The molecule has 0 saturated heterocycles. The molecule has 0 spiro atoms. The second-order valence-corrected chi connectivity index (χ2v) is 7.38. The summed E-state index contributed by atoms with van der Waals surface area (Å²) in [5.41, 5.74) is 5.34. The van der Waals surface area contributed by atoms with E-state index in [-0.39, 0.29) is 17.2 Å². The van der Waals surface area contributed by atoms with Crippen LogP contribution >= 0.6 is 23.4 Å². The predicted octanol–water partition coefficient (Wildman–Crippen LogP) is 1.75. The molecule has 0 aliphatic carbocycles. The van der Waals surface area contributed by atoms with Crippen molar-refractivity contribution in [3.8, 4) is 0 Å². The topological polar surface area (TPSA) is 99.1 Å². The van der Waals surface area contributed by atoms with E-state index in [1.807, 2.05) is 0 Å². The Kier molecular flexibility index (Phi) is 5.03. The Morgan fingerprint density at radius 1 is 1.25 bits per heavy atom. The standard InChI is InChI=1S/C11H12ClN3O3S2/c12-8-1-3-9(4-2-8)20(16,17)6-5-19-11-15-14-10(7-13)18-11/h1-4H,5-7,13H2. The first-order valence-corrected chi connectivity index (χ1v) is 8.66. The molecule has 2 rings (SSSR count). The average Bonchev–Trinajstić information content (AvgIpc) is 2.87. The Morgan fingerprint density at radius 2 is 1.95 bits per heavy atom. The summed E-state index contributed by atoms with van der Waals surface area (Å²) in [5, 5.41) is 8.25. The number of nitrogens with two attached hydrogens (primary N) is 1. The van der Waals surface area contributed by atoms with Crippen LogP contribution in [0.5, 0.6) is 0 Å². The Labute approximate surface area is 125 Å². The Hall–Kier alpha value is -1.09. The van der Waals surface area contributed by atoms with Crippen molar-refractivity contribution in [2.24, 2.45) is 5.73 Å². The third-order valence-electron chi connectivity index (χ3n) is 2.37. The molecule has 2 N–H and O–H groups in total. The third-order valence-corrected chi connectivity index (χ3v) is 5.44. The number of rotatable bonds is 6. The summed E-state index contributed by atoms with van der Waals surface area (Å²) in [6.45, 7) is 0.163. The minimum absolute atomic E-state index is 0.0281. The minimum Gasteiger partial charge on any atom is -0.415 e. The lowest BCUT2D eigenvalue weighted by Gasteiger charge is -2.03. The molecule has 0 aliphatic rings. The highest BCUT2D eigenvalue weighted by Crippen LogP contribution is 2.19. The number of nitrogens with zero attached hydrogens (tertiary/aromatic N) is 2. The SMILES string of the molecule is NCc1nnc(SCCS(=O)(=O)c2ccc(Cl)cc2)o1. The lowest BCUT2D eigenvalue weighted by atomic mass is 10.4. The van der Waals surface area contributed by atoms with E-state index in [4.69, 9.17) is 21.8 Å². The fourth-order valence-corrected chi connectivity index (χ4v) is 3.93. The molecule has 0 aliphatic heterocycles. The highest BCUT2D eigenvalue weighted by Gasteiger charge is 2.15.